The maximum absolute atomic E-state index is 12.0. The summed E-state index contributed by atoms with van der Waals surface area (Å²) in [7, 11) is 0. The quantitative estimate of drug-likeness (QED) is 0.0407. The van der Waals surface area contributed by atoms with Crippen LogP contribution in [0.25, 0.3) is 0 Å². The molecular formula is C43H76O5. The van der Waals surface area contributed by atoms with Gasteiger partial charge in [-0.05, 0) is 51.4 Å². The van der Waals surface area contributed by atoms with Crippen molar-refractivity contribution in [3.63, 3.8) is 0 Å². The van der Waals surface area contributed by atoms with Crippen molar-refractivity contribution in [2.45, 2.75) is 200 Å². The first-order chi connectivity index (χ1) is 23.6. The second-order valence-corrected chi connectivity index (χ2v) is 13.4. The van der Waals surface area contributed by atoms with E-state index in [0.29, 0.717) is 12.8 Å². The van der Waals surface area contributed by atoms with Gasteiger partial charge in [0.05, 0.1) is 0 Å². The largest absolute Gasteiger partial charge is 0.463 e. The van der Waals surface area contributed by atoms with E-state index in [2.05, 4.69) is 62.5 Å². The summed E-state index contributed by atoms with van der Waals surface area (Å²) in [6, 6.07) is 0. The first-order valence-electron chi connectivity index (χ1n) is 20.2. The predicted molar refractivity (Wildman–Crippen MR) is 205 cm³/mol. The first kappa shape index (κ1) is 45.9. The number of rotatable bonds is 36. The van der Waals surface area contributed by atoms with Crippen molar-refractivity contribution in [3.05, 3.63) is 48.6 Å². The van der Waals surface area contributed by atoms with Gasteiger partial charge in [-0.3, -0.25) is 9.59 Å². The van der Waals surface area contributed by atoms with Gasteiger partial charge in [-0.2, -0.15) is 0 Å². The highest BCUT2D eigenvalue weighted by molar-refractivity contribution is 5.69. The van der Waals surface area contributed by atoms with Crippen LogP contribution < -0.4 is 0 Å². The van der Waals surface area contributed by atoms with Crippen LogP contribution in [-0.2, 0) is 19.1 Å². The Bertz CT molecular complexity index is 812. The van der Waals surface area contributed by atoms with Crippen LogP contribution in [-0.4, -0.2) is 36.4 Å². The van der Waals surface area contributed by atoms with E-state index in [9.17, 15) is 14.7 Å². The number of carbonyl (C=O) groups excluding carboxylic acids is 2. The number of esters is 2. The SMILES string of the molecule is CC/C=C\C/C=C\C/C=C\C/C=C\CCCCCCC(=O)OC[C@H](O)COC(=O)CCCCCCCCCCCCCCCCCCC. The molecule has 5 heteroatoms. The van der Waals surface area contributed by atoms with E-state index in [4.69, 9.17) is 9.47 Å². The Hall–Kier alpha value is -2.14. The highest BCUT2D eigenvalue weighted by atomic mass is 16.6. The smallest absolute Gasteiger partial charge is 0.305 e. The molecule has 0 aliphatic heterocycles. The zero-order valence-corrected chi connectivity index (χ0v) is 31.5. The highest BCUT2D eigenvalue weighted by Crippen LogP contribution is 2.14. The van der Waals surface area contributed by atoms with Gasteiger partial charge >= 0.3 is 11.9 Å². The molecule has 0 radical (unpaired) electrons. The normalized spacial score (nSPS) is 12.6. The van der Waals surface area contributed by atoms with E-state index in [1.54, 1.807) is 0 Å². The van der Waals surface area contributed by atoms with Gasteiger partial charge in [-0.15, -0.1) is 0 Å². The van der Waals surface area contributed by atoms with Crippen molar-refractivity contribution in [2.75, 3.05) is 13.2 Å². The minimum absolute atomic E-state index is 0.123. The van der Waals surface area contributed by atoms with Gasteiger partial charge in [0.1, 0.15) is 19.3 Å². The van der Waals surface area contributed by atoms with Crippen LogP contribution in [0.4, 0.5) is 0 Å². The fourth-order valence-corrected chi connectivity index (χ4v) is 5.55. The molecule has 1 N–H and O–H groups in total. The lowest BCUT2D eigenvalue weighted by molar-refractivity contribution is -0.152. The van der Waals surface area contributed by atoms with E-state index < -0.39 is 6.10 Å². The van der Waals surface area contributed by atoms with Crippen molar-refractivity contribution < 1.29 is 24.2 Å². The molecule has 0 spiro atoms. The van der Waals surface area contributed by atoms with Crippen molar-refractivity contribution >= 4 is 11.9 Å². The fourth-order valence-electron chi connectivity index (χ4n) is 5.55. The molecule has 0 amide bonds. The standard InChI is InChI=1S/C43H76O5/c1-3-5-7-9-11-13-15-17-19-21-23-25-27-29-31-33-35-37-42(45)47-39-41(44)40-48-43(46)38-36-34-32-30-28-26-24-22-20-18-16-14-12-10-8-6-4-2/h5,7,11,13,17,19,23,25,41,44H,3-4,6,8-10,12,14-16,18,20-22,24,26-40H2,1-2H3/b7-5-,13-11-,19-17-,25-23-/t41-/m0/s1. The molecule has 0 rings (SSSR count). The molecule has 0 bridgehead atoms. The third kappa shape index (κ3) is 38.3. The van der Waals surface area contributed by atoms with Crippen LogP contribution >= 0.6 is 0 Å². The van der Waals surface area contributed by atoms with Gasteiger partial charge in [-0.25, -0.2) is 0 Å². The molecule has 48 heavy (non-hydrogen) atoms. The molecule has 5 nitrogen and oxygen atoms in total. The molecule has 1 atom stereocenters. The lowest BCUT2D eigenvalue weighted by Gasteiger charge is -2.12. The Morgan fingerprint density at radius 1 is 0.458 bits per heavy atom. The van der Waals surface area contributed by atoms with Gasteiger partial charge in [0.15, 0.2) is 0 Å². The van der Waals surface area contributed by atoms with Crippen LogP contribution in [0.3, 0.4) is 0 Å². The van der Waals surface area contributed by atoms with Crippen LogP contribution in [0.15, 0.2) is 48.6 Å². The van der Waals surface area contributed by atoms with Crippen molar-refractivity contribution in [2.24, 2.45) is 0 Å². The molecule has 0 unspecified atom stereocenters. The molecule has 0 aromatic rings. The monoisotopic (exact) mass is 673 g/mol. The number of ether oxygens (including phenoxy) is 2. The van der Waals surface area contributed by atoms with Gasteiger partial charge in [0, 0.05) is 12.8 Å². The molecule has 0 aromatic heterocycles. The van der Waals surface area contributed by atoms with Crippen LogP contribution in [0.5, 0.6) is 0 Å². The van der Waals surface area contributed by atoms with E-state index in [1.165, 1.54) is 89.9 Å². The molecule has 0 heterocycles. The summed E-state index contributed by atoms with van der Waals surface area (Å²) < 4.78 is 10.3. The average molecular weight is 673 g/mol. The third-order valence-electron chi connectivity index (χ3n) is 8.58. The van der Waals surface area contributed by atoms with Gasteiger partial charge in [-0.1, -0.05) is 178 Å². The fraction of sp³-hybridized carbons (Fsp3) is 0.767. The molecule has 0 aliphatic rings. The maximum Gasteiger partial charge on any atom is 0.305 e. The van der Waals surface area contributed by atoms with Crippen molar-refractivity contribution in [1.82, 2.24) is 0 Å². The summed E-state index contributed by atoms with van der Waals surface area (Å²) in [6.45, 7) is 4.17. The average Bonchev–Trinajstić information content (AvgIpc) is 3.09. The zero-order chi connectivity index (χ0) is 35.0. The van der Waals surface area contributed by atoms with Crippen LogP contribution in [0.2, 0.25) is 0 Å². The Balaban J connectivity index is 3.46. The molecule has 0 aliphatic carbocycles. The number of carbonyl (C=O) groups is 2. The molecular weight excluding hydrogens is 596 g/mol. The van der Waals surface area contributed by atoms with E-state index in [1.807, 2.05) is 0 Å². The van der Waals surface area contributed by atoms with Crippen LogP contribution in [0.1, 0.15) is 194 Å². The number of allylic oxidation sites excluding steroid dienone is 8. The number of hydrogen-bond acceptors (Lipinski definition) is 5. The summed E-state index contributed by atoms with van der Waals surface area (Å²) in [5.74, 6) is -0.588. The summed E-state index contributed by atoms with van der Waals surface area (Å²) in [6.07, 6.45) is 48.8. The summed E-state index contributed by atoms with van der Waals surface area (Å²) in [5.41, 5.74) is 0. The molecule has 0 aromatic carbocycles. The van der Waals surface area contributed by atoms with Crippen molar-refractivity contribution in [3.8, 4) is 0 Å². The van der Waals surface area contributed by atoms with Gasteiger partial charge in [0.25, 0.3) is 0 Å². The number of unbranched alkanes of at least 4 members (excludes halogenated alkanes) is 20. The number of hydrogen-bond donors (Lipinski definition) is 1. The second-order valence-electron chi connectivity index (χ2n) is 13.4. The summed E-state index contributed by atoms with van der Waals surface area (Å²) in [4.78, 5) is 23.9. The first-order valence-corrected chi connectivity index (χ1v) is 20.2. The second kappa shape index (κ2) is 39.3. The maximum atomic E-state index is 12.0. The van der Waals surface area contributed by atoms with E-state index >= 15 is 0 Å². The minimum atomic E-state index is -0.973. The lowest BCUT2D eigenvalue weighted by atomic mass is 10.0. The van der Waals surface area contributed by atoms with E-state index in [-0.39, 0.29) is 25.2 Å². The highest BCUT2D eigenvalue weighted by Gasteiger charge is 2.12. The Kier molecular flexibility index (Phi) is 37.5. The Morgan fingerprint density at radius 3 is 1.19 bits per heavy atom. The number of aliphatic hydroxyl groups is 1. The molecule has 278 valence electrons. The summed E-state index contributed by atoms with van der Waals surface area (Å²) in [5, 5.41) is 10.0. The lowest BCUT2D eigenvalue weighted by Crippen LogP contribution is -2.25. The topological polar surface area (TPSA) is 72.8 Å². The van der Waals surface area contributed by atoms with Crippen molar-refractivity contribution in [1.29, 1.82) is 0 Å². The minimum Gasteiger partial charge on any atom is -0.463 e. The van der Waals surface area contributed by atoms with Gasteiger partial charge < -0.3 is 14.6 Å². The zero-order valence-electron chi connectivity index (χ0n) is 31.5. The molecule has 0 saturated heterocycles. The molecule has 0 saturated carbocycles. The van der Waals surface area contributed by atoms with Crippen LogP contribution in [0, 0.1) is 0 Å². The Morgan fingerprint density at radius 2 is 0.792 bits per heavy atom. The predicted octanol–water partition coefficient (Wildman–Crippen LogP) is 12.6. The summed E-state index contributed by atoms with van der Waals surface area (Å²) >= 11 is 0. The molecule has 0 fully saturated rings. The van der Waals surface area contributed by atoms with Gasteiger partial charge in [0.2, 0.25) is 0 Å². The van der Waals surface area contributed by atoms with E-state index in [0.717, 1.165) is 77.0 Å². The number of aliphatic hydroxyl groups excluding tert-OH is 1. The Labute approximate surface area is 297 Å². The third-order valence-corrected chi connectivity index (χ3v) is 8.58.